The molecule has 5 nitrogen and oxygen atoms in total. The predicted molar refractivity (Wildman–Crippen MR) is 79.1 cm³/mol. The van der Waals surface area contributed by atoms with Gasteiger partial charge in [-0.15, -0.1) is 0 Å². The summed E-state index contributed by atoms with van der Waals surface area (Å²) in [7, 11) is 0. The number of benzene rings is 1. The van der Waals surface area contributed by atoms with E-state index in [1.165, 1.54) is 0 Å². The van der Waals surface area contributed by atoms with Gasteiger partial charge in [0, 0.05) is 19.6 Å². The standard InChI is InChI=1S/C16H22N2O3/c1-13-10-18(11-16(12-19)21-13)6-3-7-20-15-5-2-4-14(8-15)9-17/h2,4-5,8,13,16,19H,3,6-7,10-12H2,1H3. The highest BCUT2D eigenvalue weighted by Crippen LogP contribution is 2.14. The highest BCUT2D eigenvalue weighted by atomic mass is 16.5. The van der Waals surface area contributed by atoms with E-state index in [2.05, 4.69) is 11.0 Å². The van der Waals surface area contributed by atoms with Gasteiger partial charge >= 0.3 is 0 Å². The third kappa shape index (κ3) is 5.01. The number of aliphatic hydroxyl groups excluding tert-OH is 1. The number of ether oxygens (including phenoxy) is 2. The van der Waals surface area contributed by atoms with Crippen molar-refractivity contribution < 1.29 is 14.6 Å². The highest BCUT2D eigenvalue weighted by Gasteiger charge is 2.24. The van der Waals surface area contributed by atoms with Crippen molar-refractivity contribution in [2.45, 2.75) is 25.6 Å². The molecule has 1 aromatic carbocycles. The normalized spacial score (nSPS) is 22.7. The van der Waals surface area contributed by atoms with E-state index in [0.717, 1.165) is 31.8 Å². The second-order valence-electron chi connectivity index (χ2n) is 5.35. The van der Waals surface area contributed by atoms with Crippen molar-refractivity contribution in [3.05, 3.63) is 29.8 Å². The fourth-order valence-electron chi connectivity index (χ4n) is 2.56. The third-order valence-electron chi connectivity index (χ3n) is 3.46. The Balaban J connectivity index is 1.70. The molecule has 1 aliphatic rings. The van der Waals surface area contributed by atoms with E-state index in [0.29, 0.717) is 12.2 Å². The summed E-state index contributed by atoms with van der Waals surface area (Å²) in [5.74, 6) is 0.734. The Morgan fingerprint density at radius 1 is 1.48 bits per heavy atom. The molecule has 1 saturated heterocycles. The molecule has 114 valence electrons. The van der Waals surface area contributed by atoms with E-state index >= 15 is 0 Å². The van der Waals surface area contributed by atoms with Crippen LogP contribution in [0.2, 0.25) is 0 Å². The first-order valence-corrected chi connectivity index (χ1v) is 7.33. The number of nitriles is 1. The van der Waals surface area contributed by atoms with Gasteiger partial charge in [-0.25, -0.2) is 0 Å². The summed E-state index contributed by atoms with van der Waals surface area (Å²) in [5, 5.41) is 18.0. The summed E-state index contributed by atoms with van der Waals surface area (Å²) in [6.07, 6.45) is 0.980. The molecule has 1 aliphatic heterocycles. The third-order valence-corrected chi connectivity index (χ3v) is 3.46. The molecule has 5 heteroatoms. The van der Waals surface area contributed by atoms with Crippen LogP contribution in [0.3, 0.4) is 0 Å². The van der Waals surface area contributed by atoms with Gasteiger partial charge in [-0.3, -0.25) is 4.90 Å². The molecule has 0 amide bonds. The minimum Gasteiger partial charge on any atom is -0.494 e. The maximum absolute atomic E-state index is 9.19. The summed E-state index contributed by atoms with van der Waals surface area (Å²) in [4.78, 5) is 2.30. The number of morpholine rings is 1. The van der Waals surface area contributed by atoms with Crippen molar-refractivity contribution in [1.29, 1.82) is 5.26 Å². The van der Waals surface area contributed by atoms with Crippen LogP contribution in [0.15, 0.2) is 24.3 Å². The van der Waals surface area contributed by atoms with Gasteiger partial charge < -0.3 is 14.6 Å². The second kappa shape index (κ2) is 7.99. The Morgan fingerprint density at radius 2 is 2.33 bits per heavy atom. The molecule has 0 bridgehead atoms. The molecule has 1 N–H and O–H groups in total. The fourth-order valence-corrected chi connectivity index (χ4v) is 2.56. The van der Waals surface area contributed by atoms with Crippen LogP contribution in [0.4, 0.5) is 0 Å². The lowest BCUT2D eigenvalue weighted by molar-refractivity contribution is -0.0955. The highest BCUT2D eigenvalue weighted by molar-refractivity contribution is 5.36. The molecule has 1 aromatic rings. The van der Waals surface area contributed by atoms with Gasteiger partial charge in [-0.1, -0.05) is 6.07 Å². The summed E-state index contributed by atoms with van der Waals surface area (Å²) >= 11 is 0. The molecule has 0 aromatic heterocycles. The Bertz CT molecular complexity index is 487. The minimum absolute atomic E-state index is 0.0677. The summed E-state index contributed by atoms with van der Waals surface area (Å²) in [6, 6.07) is 9.29. The van der Waals surface area contributed by atoms with Crippen LogP contribution >= 0.6 is 0 Å². The van der Waals surface area contributed by atoms with Crippen molar-refractivity contribution in [2.24, 2.45) is 0 Å². The number of rotatable bonds is 6. The summed E-state index contributed by atoms with van der Waals surface area (Å²) in [5.41, 5.74) is 0.611. The average Bonchev–Trinajstić information content (AvgIpc) is 2.51. The fraction of sp³-hybridized carbons (Fsp3) is 0.562. The van der Waals surface area contributed by atoms with E-state index < -0.39 is 0 Å². The molecule has 0 saturated carbocycles. The van der Waals surface area contributed by atoms with E-state index in [1.807, 2.05) is 19.1 Å². The van der Waals surface area contributed by atoms with E-state index in [-0.39, 0.29) is 18.8 Å². The Morgan fingerprint density at radius 3 is 3.10 bits per heavy atom. The number of nitrogens with zero attached hydrogens (tertiary/aromatic N) is 2. The Labute approximate surface area is 125 Å². The topological polar surface area (TPSA) is 65.7 Å². The van der Waals surface area contributed by atoms with Gasteiger partial charge in [-0.2, -0.15) is 5.26 Å². The molecular weight excluding hydrogens is 268 g/mol. The van der Waals surface area contributed by atoms with Crippen molar-refractivity contribution in [3.63, 3.8) is 0 Å². The first kappa shape index (κ1) is 15.8. The van der Waals surface area contributed by atoms with Gasteiger partial charge in [-0.05, 0) is 31.5 Å². The van der Waals surface area contributed by atoms with Gasteiger partial charge in [0.25, 0.3) is 0 Å². The van der Waals surface area contributed by atoms with Crippen LogP contribution < -0.4 is 4.74 Å². The molecule has 0 aliphatic carbocycles. The largest absolute Gasteiger partial charge is 0.494 e. The number of aliphatic hydroxyl groups is 1. The van der Waals surface area contributed by atoms with Crippen LogP contribution in [-0.4, -0.2) is 55.1 Å². The van der Waals surface area contributed by atoms with Crippen LogP contribution in [0.5, 0.6) is 5.75 Å². The lowest BCUT2D eigenvalue weighted by Gasteiger charge is -2.36. The van der Waals surface area contributed by atoms with Gasteiger partial charge in [0.1, 0.15) is 5.75 Å². The van der Waals surface area contributed by atoms with Gasteiger partial charge in [0.05, 0.1) is 37.1 Å². The SMILES string of the molecule is CC1CN(CCCOc2cccc(C#N)c2)CC(CO)O1. The number of hydrogen-bond acceptors (Lipinski definition) is 5. The summed E-state index contributed by atoms with van der Waals surface area (Å²) in [6.45, 7) is 5.29. The molecule has 2 rings (SSSR count). The Kier molecular flexibility index (Phi) is 6.00. The molecule has 0 radical (unpaired) electrons. The molecule has 21 heavy (non-hydrogen) atoms. The zero-order valence-corrected chi connectivity index (χ0v) is 12.4. The van der Waals surface area contributed by atoms with Crippen molar-refractivity contribution in [3.8, 4) is 11.8 Å². The van der Waals surface area contributed by atoms with Gasteiger partial charge in [0.15, 0.2) is 0 Å². The van der Waals surface area contributed by atoms with Crippen molar-refractivity contribution in [1.82, 2.24) is 4.90 Å². The first-order valence-electron chi connectivity index (χ1n) is 7.33. The molecule has 0 spiro atoms. The molecule has 1 heterocycles. The molecular formula is C16H22N2O3. The second-order valence-corrected chi connectivity index (χ2v) is 5.35. The minimum atomic E-state index is -0.0815. The van der Waals surface area contributed by atoms with E-state index in [1.54, 1.807) is 12.1 Å². The quantitative estimate of drug-likeness (QED) is 0.802. The Hall–Kier alpha value is -1.61. The maximum atomic E-state index is 9.19. The van der Waals surface area contributed by atoms with Crippen LogP contribution in [-0.2, 0) is 4.74 Å². The van der Waals surface area contributed by atoms with E-state index in [9.17, 15) is 5.11 Å². The first-order chi connectivity index (χ1) is 10.2. The summed E-state index contributed by atoms with van der Waals surface area (Å²) < 4.78 is 11.3. The molecule has 2 atom stereocenters. The maximum Gasteiger partial charge on any atom is 0.120 e. The molecule has 1 fully saturated rings. The van der Waals surface area contributed by atoms with E-state index in [4.69, 9.17) is 14.7 Å². The molecule has 2 unspecified atom stereocenters. The monoisotopic (exact) mass is 290 g/mol. The smallest absolute Gasteiger partial charge is 0.120 e. The van der Waals surface area contributed by atoms with Crippen LogP contribution in [0.1, 0.15) is 18.9 Å². The van der Waals surface area contributed by atoms with Crippen LogP contribution in [0, 0.1) is 11.3 Å². The lowest BCUT2D eigenvalue weighted by atomic mass is 10.2. The lowest BCUT2D eigenvalue weighted by Crippen LogP contribution is -2.48. The zero-order chi connectivity index (χ0) is 15.1. The number of hydrogen-bond donors (Lipinski definition) is 1. The van der Waals surface area contributed by atoms with Gasteiger partial charge in [0.2, 0.25) is 0 Å². The van der Waals surface area contributed by atoms with Crippen molar-refractivity contribution >= 4 is 0 Å². The zero-order valence-electron chi connectivity index (χ0n) is 12.4. The average molecular weight is 290 g/mol. The van der Waals surface area contributed by atoms with Crippen LogP contribution in [0.25, 0.3) is 0 Å². The van der Waals surface area contributed by atoms with Crippen molar-refractivity contribution in [2.75, 3.05) is 32.8 Å². The predicted octanol–water partition coefficient (Wildman–Crippen LogP) is 1.41.